The molecule has 0 radical (unpaired) electrons. The Morgan fingerprint density at radius 3 is 2.84 bits per heavy atom. The van der Waals surface area contributed by atoms with Crippen LogP contribution in [0.5, 0.6) is 0 Å². The molecule has 0 aliphatic carbocycles. The molecule has 0 aliphatic rings. The molecule has 3 heteroatoms. The maximum Gasteiger partial charge on any atom is 0.239 e. The molecule has 100 valence electrons. The van der Waals surface area contributed by atoms with E-state index in [9.17, 15) is 0 Å². The normalized spacial score (nSPS) is 11.7. The predicted molar refractivity (Wildman–Crippen MR) is 78.4 cm³/mol. The minimum absolute atomic E-state index is 0.926. The highest BCUT2D eigenvalue weighted by Crippen LogP contribution is 2.31. The smallest absolute Gasteiger partial charge is 0.239 e. The van der Waals surface area contributed by atoms with Crippen molar-refractivity contribution >= 4 is 22.0 Å². The Morgan fingerprint density at radius 1 is 1.16 bits per heavy atom. The van der Waals surface area contributed by atoms with Gasteiger partial charge in [-0.15, -0.1) is 0 Å². The minimum Gasteiger partial charge on any atom is -0.337 e. The van der Waals surface area contributed by atoms with Crippen molar-refractivity contribution in [2.45, 2.75) is 46.1 Å². The van der Waals surface area contributed by atoms with Crippen molar-refractivity contribution in [1.29, 1.82) is 0 Å². The van der Waals surface area contributed by atoms with Crippen LogP contribution in [0.1, 0.15) is 38.3 Å². The second-order valence-corrected chi connectivity index (χ2v) is 5.18. The highest BCUT2D eigenvalue weighted by Gasteiger charge is 2.16. The summed E-state index contributed by atoms with van der Waals surface area (Å²) in [5, 5.41) is 6.54. The van der Waals surface area contributed by atoms with Crippen LogP contribution in [0, 0.1) is 6.92 Å². The standard InChI is InChI=1S/C16H20N2O/c1-3-4-5-8-11-18-14-10-7-6-9-13(14)15-12(2)17-19-16(15)18/h6-7,9-10H,3-5,8,11H2,1-2H3. The van der Waals surface area contributed by atoms with Gasteiger partial charge in [0, 0.05) is 11.9 Å². The van der Waals surface area contributed by atoms with Crippen LogP contribution in [0.3, 0.4) is 0 Å². The number of rotatable bonds is 5. The molecular formula is C16H20N2O. The second-order valence-electron chi connectivity index (χ2n) is 5.18. The number of hydrogen-bond donors (Lipinski definition) is 0. The summed E-state index contributed by atoms with van der Waals surface area (Å²) >= 11 is 0. The third kappa shape index (κ3) is 2.03. The van der Waals surface area contributed by atoms with E-state index in [1.54, 1.807) is 0 Å². The largest absolute Gasteiger partial charge is 0.337 e. The Balaban J connectivity index is 2.04. The molecule has 3 rings (SSSR count). The summed E-state index contributed by atoms with van der Waals surface area (Å²) in [6.07, 6.45) is 5.04. The first-order valence-electron chi connectivity index (χ1n) is 7.16. The van der Waals surface area contributed by atoms with Gasteiger partial charge in [0.25, 0.3) is 0 Å². The Labute approximate surface area is 113 Å². The van der Waals surface area contributed by atoms with E-state index in [1.165, 1.54) is 42.0 Å². The molecule has 0 amide bonds. The van der Waals surface area contributed by atoms with E-state index in [0.29, 0.717) is 0 Å². The Morgan fingerprint density at radius 2 is 2.00 bits per heavy atom. The van der Waals surface area contributed by atoms with Crippen molar-refractivity contribution in [3.63, 3.8) is 0 Å². The first kappa shape index (κ1) is 12.3. The zero-order valence-electron chi connectivity index (χ0n) is 11.6. The Kier molecular flexibility index (Phi) is 3.28. The third-order valence-electron chi connectivity index (χ3n) is 3.79. The monoisotopic (exact) mass is 256 g/mol. The topological polar surface area (TPSA) is 31.0 Å². The van der Waals surface area contributed by atoms with E-state index < -0.39 is 0 Å². The molecule has 0 unspecified atom stereocenters. The molecule has 0 saturated carbocycles. The molecule has 1 aromatic carbocycles. The van der Waals surface area contributed by atoms with Crippen LogP contribution in [-0.4, -0.2) is 9.72 Å². The number of fused-ring (bicyclic) bond motifs is 3. The summed E-state index contributed by atoms with van der Waals surface area (Å²) < 4.78 is 7.81. The predicted octanol–water partition coefficient (Wildman–Crippen LogP) is 4.67. The lowest BCUT2D eigenvalue weighted by molar-refractivity contribution is 0.426. The molecule has 0 saturated heterocycles. The number of hydrogen-bond acceptors (Lipinski definition) is 2. The van der Waals surface area contributed by atoms with E-state index in [0.717, 1.165) is 18.0 Å². The van der Waals surface area contributed by atoms with Gasteiger partial charge < -0.3 is 9.09 Å². The van der Waals surface area contributed by atoms with Crippen LogP contribution >= 0.6 is 0 Å². The van der Waals surface area contributed by atoms with E-state index in [4.69, 9.17) is 4.52 Å². The maximum atomic E-state index is 5.53. The van der Waals surface area contributed by atoms with Crippen LogP contribution in [-0.2, 0) is 6.54 Å². The quantitative estimate of drug-likeness (QED) is 0.621. The van der Waals surface area contributed by atoms with Gasteiger partial charge in [-0.3, -0.25) is 0 Å². The average Bonchev–Trinajstić information content (AvgIpc) is 2.95. The molecule has 0 aliphatic heterocycles. The van der Waals surface area contributed by atoms with Crippen LogP contribution in [0.15, 0.2) is 28.8 Å². The summed E-state index contributed by atoms with van der Waals surface area (Å²) in [5.41, 5.74) is 3.17. The minimum atomic E-state index is 0.926. The van der Waals surface area contributed by atoms with Crippen LogP contribution in [0.2, 0.25) is 0 Å². The summed E-state index contributed by atoms with van der Waals surface area (Å²) in [5.74, 6) is 0. The van der Waals surface area contributed by atoms with Gasteiger partial charge in [-0.1, -0.05) is 49.5 Å². The number of aryl methyl sites for hydroxylation is 2. The zero-order valence-corrected chi connectivity index (χ0v) is 11.6. The molecule has 3 nitrogen and oxygen atoms in total. The van der Waals surface area contributed by atoms with E-state index in [2.05, 4.69) is 40.9 Å². The van der Waals surface area contributed by atoms with E-state index in [-0.39, 0.29) is 0 Å². The lowest BCUT2D eigenvalue weighted by Crippen LogP contribution is -1.97. The molecule has 0 fully saturated rings. The lowest BCUT2D eigenvalue weighted by Gasteiger charge is -2.04. The zero-order chi connectivity index (χ0) is 13.2. The van der Waals surface area contributed by atoms with Crippen LogP contribution in [0.25, 0.3) is 22.0 Å². The fourth-order valence-corrected chi connectivity index (χ4v) is 2.80. The lowest BCUT2D eigenvalue weighted by atomic mass is 10.2. The summed E-state index contributed by atoms with van der Waals surface area (Å²) in [6, 6.07) is 8.50. The molecule has 2 aromatic heterocycles. The highest BCUT2D eigenvalue weighted by atomic mass is 16.5. The molecule has 19 heavy (non-hydrogen) atoms. The molecule has 0 N–H and O–H groups in total. The highest BCUT2D eigenvalue weighted by molar-refractivity contribution is 6.07. The molecule has 0 atom stereocenters. The van der Waals surface area contributed by atoms with E-state index in [1.807, 2.05) is 6.92 Å². The number of benzene rings is 1. The molecular weight excluding hydrogens is 236 g/mol. The SMILES string of the molecule is CCCCCCn1c2ccccc2c2c(C)noc21. The average molecular weight is 256 g/mol. The van der Waals surface area contributed by atoms with Gasteiger partial charge >= 0.3 is 0 Å². The van der Waals surface area contributed by atoms with Gasteiger partial charge in [0.15, 0.2) is 0 Å². The van der Waals surface area contributed by atoms with Crippen molar-refractivity contribution in [3.05, 3.63) is 30.0 Å². The number of para-hydroxylation sites is 1. The van der Waals surface area contributed by atoms with Gasteiger partial charge in [0.2, 0.25) is 5.71 Å². The first-order valence-corrected chi connectivity index (χ1v) is 7.16. The van der Waals surface area contributed by atoms with Gasteiger partial charge in [-0.25, -0.2) is 0 Å². The fraction of sp³-hybridized carbons (Fsp3) is 0.438. The maximum absolute atomic E-state index is 5.53. The summed E-state index contributed by atoms with van der Waals surface area (Å²) in [6.45, 7) is 5.27. The van der Waals surface area contributed by atoms with Crippen molar-refractivity contribution in [3.8, 4) is 0 Å². The van der Waals surface area contributed by atoms with Gasteiger partial charge in [-0.05, 0) is 19.4 Å². The summed E-state index contributed by atoms with van der Waals surface area (Å²) in [4.78, 5) is 0. The van der Waals surface area contributed by atoms with Crippen molar-refractivity contribution in [2.24, 2.45) is 0 Å². The Bertz CT molecular complexity index is 693. The first-order chi connectivity index (χ1) is 9.33. The number of aromatic nitrogens is 2. The van der Waals surface area contributed by atoms with Gasteiger partial charge in [-0.2, -0.15) is 0 Å². The Hall–Kier alpha value is -1.77. The van der Waals surface area contributed by atoms with E-state index >= 15 is 0 Å². The fourth-order valence-electron chi connectivity index (χ4n) is 2.80. The van der Waals surface area contributed by atoms with Gasteiger partial charge in [0.05, 0.1) is 16.6 Å². The van der Waals surface area contributed by atoms with Crippen molar-refractivity contribution in [2.75, 3.05) is 0 Å². The van der Waals surface area contributed by atoms with Crippen LogP contribution < -0.4 is 0 Å². The molecule has 0 bridgehead atoms. The third-order valence-corrected chi connectivity index (χ3v) is 3.79. The van der Waals surface area contributed by atoms with Crippen molar-refractivity contribution in [1.82, 2.24) is 9.72 Å². The molecule has 2 heterocycles. The van der Waals surface area contributed by atoms with Gasteiger partial charge in [0.1, 0.15) is 0 Å². The number of unbranched alkanes of at least 4 members (excludes halogenated alkanes) is 3. The van der Waals surface area contributed by atoms with Crippen molar-refractivity contribution < 1.29 is 4.52 Å². The molecule has 0 spiro atoms. The second kappa shape index (κ2) is 5.08. The van der Waals surface area contributed by atoms with Crippen LogP contribution in [0.4, 0.5) is 0 Å². The molecule has 3 aromatic rings. The summed E-state index contributed by atoms with van der Waals surface area (Å²) in [7, 11) is 0. The number of nitrogens with zero attached hydrogens (tertiary/aromatic N) is 2.